The topological polar surface area (TPSA) is 24.7 Å². The van der Waals surface area contributed by atoms with Crippen LogP contribution in [-0.2, 0) is 0 Å². The minimum Gasteiger partial charge on any atom is -0.262 e. The summed E-state index contributed by atoms with van der Waals surface area (Å²) in [6, 6.07) is 0. The second kappa shape index (κ2) is 1.15. The normalized spacial score (nSPS) is 23.7. The molecule has 0 unspecified atom stereocenters. The average molecular weight is 96.1 g/mol. The van der Waals surface area contributed by atoms with Gasteiger partial charge < -0.3 is 0 Å². The molecule has 1 aliphatic rings. The Morgan fingerprint density at radius 1 is 1.43 bits per heavy atom. The van der Waals surface area contributed by atoms with Gasteiger partial charge in [0.2, 0.25) is 0 Å². The summed E-state index contributed by atoms with van der Waals surface area (Å²) in [4.78, 5) is 7.84. The molecule has 1 aliphatic heterocycles. The predicted octanol–water partition coefficient (Wildman–Crippen LogP) is 0.878. The second-order valence-corrected chi connectivity index (χ2v) is 2.18. The van der Waals surface area contributed by atoms with E-state index in [0.29, 0.717) is 0 Å². The van der Waals surface area contributed by atoms with E-state index < -0.39 is 0 Å². The zero-order valence-electron chi connectivity index (χ0n) is 4.55. The van der Waals surface area contributed by atoms with E-state index in [1.165, 1.54) is 0 Å². The predicted molar refractivity (Wildman–Crippen MR) is 31.1 cm³/mol. The van der Waals surface area contributed by atoms with Crippen LogP contribution >= 0.6 is 0 Å². The molecule has 0 N–H and O–H groups in total. The van der Waals surface area contributed by atoms with E-state index in [0.717, 1.165) is 0 Å². The molecule has 7 heavy (non-hydrogen) atoms. The number of rotatable bonds is 0. The third-order valence-electron chi connectivity index (χ3n) is 0.848. The molecule has 0 radical (unpaired) electrons. The molecule has 0 aliphatic carbocycles. The smallest absolute Gasteiger partial charge is 0.110 e. The van der Waals surface area contributed by atoms with E-state index in [1.807, 2.05) is 20.1 Å². The zero-order chi connectivity index (χ0) is 5.33. The van der Waals surface area contributed by atoms with E-state index in [9.17, 15) is 0 Å². The first-order valence-electron chi connectivity index (χ1n) is 2.29. The number of aliphatic imine (C=N–C) groups is 2. The summed E-state index contributed by atoms with van der Waals surface area (Å²) in [7, 11) is 0. The van der Waals surface area contributed by atoms with Crippen LogP contribution in [0.4, 0.5) is 0 Å². The van der Waals surface area contributed by atoms with Crippen molar-refractivity contribution >= 4 is 12.6 Å². The van der Waals surface area contributed by atoms with Crippen molar-refractivity contribution in [1.82, 2.24) is 0 Å². The summed E-state index contributed by atoms with van der Waals surface area (Å²) in [5.41, 5.74) is -0.0278. The Hall–Kier alpha value is -0.660. The minimum absolute atomic E-state index is 0.0278. The van der Waals surface area contributed by atoms with Crippen LogP contribution in [0.1, 0.15) is 13.8 Å². The lowest BCUT2D eigenvalue weighted by atomic mass is 10.1. The van der Waals surface area contributed by atoms with Crippen molar-refractivity contribution in [2.45, 2.75) is 19.4 Å². The standard InChI is InChI=1S/C5H8N2/c1-5(2)3-6-4-7-5/h3-4H,1-2H3. The molecule has 0 aromatic carbocycles. The van der Waals surface area contributed by atoms with Gasteiger partial charge in [0.25, 0.3) is 0 Å². The van der Waals surface area contributed by atoms with Gasteiger partial charge in [-0.2, -0.15) is 0 Å². The summed E-state index contributed by atoms with van der Waals surface area (Å²) >= 11 is 0. The highest BCUT2D eigenvalue weighted by Crippen LogP contribution is 2.07. The molecular weight excluding hydrogens is 88.1 g/mol. The Morgan fingerprint density at radius 3 is 2.29 bits per heavy atom. The van der Waals surface area contributed by atoms with E-state index in [4.69, 9.17) is 0 Å². The molecule has 0 atom stereocenters. The van der Waals surface area contributed by atoms with Crippen LogP contribution < -0.4 is 0 Å². The fraction of sp³-hybridized carbons (Fsp3) is 0.600. The molecular formula is C5H8N2. The highest BCUT2D eigenvalue weighted by molar-refractivity contribution is 5.85. The first-order valence-corrected chi connectivity index (χ1v) is 2.29. The number of nitrogens with zero attached hydrogens (tertiary/aromatic N) is 2. The molecule has 38 valence electrons. The summed E-state index contributed by atoms with van der Waals surface area (Å²) in [5.74, 6) is 0. The largest absolute Gasteiger partial charge is 0.262 e. The maximum Gasteiger partial charge on any atom is 0.110 e. The minimum atomic E-state index is -0.0278. The zero-order valence-corrected chi connectivity index (χ0v) is 4.55. The lowest BCUT2D eigenvalue weighted by molar-refractivity contribution is 0.733. The van der Waals surface area contributed by atoms with Gasteiger partial charge in [-0.25, -0.2) is 4.99 Å². The lowest BCUT2D eigenvalue weighted by Gasteiger charge is -2.04. The van der Waals surface area contributed by atoms with Crippen molar-refractivity contribution in [2.24, 2.45) is 9.98 Å². The van der Waals surface area contributed by atoms with Gasteiger partial charge in [-0.3, -0.25) is 4.99 Å². The fourth-order valence-electron chi connectivity index (χ4n) is 0.431. The second-order valence-electron chi connectivity index (χ2n) is 2.18. The molecule has 1 rings (SSSR count). The Morgan fingerprint density at radius 2 is 2.14 bits per heavy atom. The number of hydrogen-bond donors (Lipinski definition) is 0. The molecule has 0 aromatic heterocycles. The maximum atomic E-state index is 4.02. The molecule has 2 nitrogen and oxygen atoms in total. The van der Waals surface area contributed by atoms with Crippen LogP contribution in [0, 0.1) is 0 Å². The molecule has 0 saturated heterocycles. The van der Waals surface area contributed by atoms with Crippen molar-refractivity contribution in [2.75, 3.05) is 0 Å². The lowest BCUT2D eigenvalue weighted by Crippen LogP contribution is -2.13. The highest BCUT2D eigenvalue weighted by Gasteiger charge is 2.13. The number of hydrogen-bond acceptors (Lipinski definition) is 2. The van der Waals surface area contributed by atoms with Crippen molar-refractivity contribution in [1.29, 1.82) is 0 Å². The molecule has 2 heteroatoms. The van der Waals surface area contributed by atoms with Crippen LogP contribution in [0.5, 0.6) is 0 Å². The van der Waals surface area contributed by atoms with Gasteiger partial charge in [-0.15, -0.1) is 0 Å². The van der Waals surface area contributed by atoms with Crippen LogP contribution in [0.3, 0.4) is 0 Å². The first-order chi connectivity index (χ1) is 3.21. The summed E-state index contributed by atoms with van der Waals surface area (Å²) in [6.07, 6.45) is 3.41. The quantitative estimate of drug-likeness (QED) is 0.427. The van der Waals surface area contributed by atoms with Crippen molar-refractivity contribution < 1.29 is 0 Å². The van der Waals surface area contributed by atoms with Crippen molar-refractivity contribution in [3.05, 3.63) is 0 Å². The Kier molecular flexibility index (Phi) is 0.741. The van der Waals surface area contributed by atoms with E-state index >= 15 is 0 Å². The average Bonchev–Trinajstić information content (AvgIpc) is 1.84. The summed E-state index contributed by atoms with van der Waals surface area (Å²) in [5, 5.41) is 0. The Bertz CT molecular complexity index is 108. The SMILES string of the molecule is CC1(C)C=NC=N1. The third-order valence-corrected chi connectivity index (χ3v) is 0.848. The van der Waals surface area contributed by atoms with Gasteiger partial charge in [-0.05, 0) is 13.8 Å². The van der Waals surface area contributed by atoms with Crippen LogP contribution in [0.25, 0.3) is 0 Å². The van der Waals surface area contributed by atoms with Gasteiger partial charge in [0.15, 0.2) is 0 Å². The highest BCUT2D eigenvalue weighted by atomic mass is 15.0. The van der Waals surface area contributed by atoms with Gasteiger partial charge in [0, 0.05) is 6.21 Å². The Balaban J connectivity index is 2.77. The first kappa shape index (κ1) is 4.50. The Labute approximate surface area is 43.0 Å². The molecule has 0 amide bonds. The van der Waals surface area contributed by atoms with Crippen LogP contribution in [-0.4, -0.2) is 18.1 Å². The van der Waals surface area contributed by atoms with Gasteiger partial charge in [-0.1, -0.05) is 0 Å². The van der Waals surface area contributed by atoms with Gasteiger partial charge in [0.05, 0.1) is 5.54 Å². The third kappa shape index (κ3) is 0.856. The fourth-order valence-corrected chi connectivity index (χ4v) is 0.431. The van der Waals surface area contributed by atoms with Gasteiger partial charge in [0.1, 0.15) is 6.34 Å². The molecule has 0 bridgehead atoms. The molecule has 1 heterocycles. The molecule has 0 aromatic rings. The van der Waals surface area contributed by atoms with E-state index in [1.54, 1.807) is 6.34 Å². The van der Waals surface area contributed by atoms with Gasteiger partial charge >= 0.3 is 0 Å². The molecule has 0 spiro atoms. The summed E-state index contributed by atoms with van der Waals surface area (Å²) in [6.45, 7) is 4.03. The van der Waals surface area contributed by atoms with Crippen LogP contribution in [0.15, 0.2) is 9.98 Å². The van der Waals surface area contributed by atoms with Crippen molar-refractivity contribution in [3.63, 3.8) is 0 Å². The molecule has 0 saturated carbocycles. The monoisotopic (exact) mass is 96.1 g/mol. The maximum absolute atomic E-state index is 4.02. The van der Waals surface area contributed by atoms with E-state index in [-0.39, 0.29) is 5.54 Å². The van der Waals surface area contributed by atoms with Crippen molar-refractivity contribution in [3.8, 4) is 0 Å². The van der Waals surface area contributed by atoms with E-state index in [2.05, 4.69) is 9.98 Å². The summed E-state index contributed by atoms with van der Waals surface area (Å²) < 4.78 is 0. The molecule has 0 fully saturated rings. The van der Waals surface area contributed by atoms with Crippen LogP contribution in [0.2, 0.25) is 0 Å².